The molecule has 1 heterocycles. The number of benzene rings is 4. The third kappa shape index (κ3) is 2.66. The van der Waals surface area contributed by atoms with Crippen molar-refractivity contribution in [3.63, 3.8) is 0 Å². The van der Waals surface area contributed by atoms with Crippen molar-refractivity contribution in [3.05, 3.63) is 95.5 Å². The van der Waals surface area contributed by atoms with Gasteiger partial charge in [0.05, 0.1) is 0 Å². The van der Waals surface area contributed by atoms with Gasteiger partial charge in [0.15, 0.2) is 0 Å². The molecule has 0 aliphatic rings. The molecule has 0 nitrogen and oxygen atoms in total. The van der Waals surface area contributed by atoms with Crippen molar-refractivity contribution in [2.45, 2.75) is 0 Å². The molecule has 124 valence electrons. The van der Waals surface area contributed by atoms with Gasteiger partial charge in [-0.05, 0) is 46.5 Å². The van der Waals surface area contributed by atoms with E-state index in [0.29, 0.717) is 0 Å². The standard InChI is InChI=1S/C24H15BrS/c25-18-7-5-6-16(14-18)19-8-1-2-9-20(19)17-12-13-22-21-10-3-4-11-23(21)26-24(22)15-17/h1-15H. The molecule has 0 saturated heterocycles. The van der Waals surface area contributed by atoms with E-state index in [1.807, 2.05) is 11.3 Å². The summed E-state index contributed by atoms with van der Waals surface area (Å²) in [5.74, 6) is 0. The molecular formula is C24H15BrS. The van der Waals surface area contributed by atoms with E-state index >= 15 is 0 Å². The fourth-order valence-electron chi connectivity index (χ4n) is 3.54. The molecule has 0 fully saturated rings. The highest BCUT2D eigenvalue weighted by Gasteiger charge is 2.10. The van der Waals surface area contributed by atoms with Gasteiger partial charge in [-0.2, -0.15) is 0 Å². The van der Waals surface area contributed by atoms with E-state index in [2.05, 4.69) is 107 Å². The zero-order valence-electron chi connectivity index (χ0n) is 13.9. The fraction of sp³-hybridized carbons (Fsp3) is 0. The van der Waals surface area contributed by atoms with Crippen molar-refractivity contribution < 1.29 is 0 Å². The van der Waals surface area contributed by atoms with Crippen LogP contribution in [-0.4, -0.2) is 0 Å². The average Bonchev–Trinajstić information content (AvgIpc) is 3.06. The van der Waals surface area contributed by atoms with Gasteiger partial charge in [-0.1, -0.05) is 82.7 Å². The first kappa shape index (κ1) is 15.8. The third-order valence-electron chi connectivity index (χ3n) is 4.75. The molecule has 4 aromatic carbocycles. The van der Waals surface area contributed by atoms with E-state index in [9.17, 15) is 0 Å². The lowest BCUT2D eigenvalue weighted by atomic mass is 9.94. The summed E-state index contributed by atoms with van der Waals surface area (Å²) >= 11 is 5.46. The van der Waals surface area contributed by atoms with Crippen LogP contribution in [0.1, 0.15) is 0 Å². The van der Waals surface area contributed by atoms with Gasteiger partial charge in [-0.15, -0.1) is 11.3 Å². The van der Waals surface area contributed by atoms with Gasteiger partial charge in [0.2, 0.25) is 0 Å². The Morgan fingerprint density at radius 1 is 0.538 bits per heavy atom. The van der Waals surface area contributed by atoms with Crippen molar-refractivity contribution >= 4 is 47.4 Å². The summed E-state index contributed by atoms with van der Waals surface area (Å²) in [7, 11) is 0. The van der Waals surface area contributed by atoms with Gasteiger partial charge >= 0.3 is 0 Å². The normalized spacial score (nSPS) is 11.3. The first-order valence-electron chi connectivity index (χ1n) is 8.56. The molecule has 0 bridgehead atoms. The number of halogens is 1. The highest BCUT2D eigenvalue weighted by atomic mass is 79.9. The van der Waals surface area contributed by atoms with Crippen LogP contribution in [0.4, 0.5) is 0 Å². The van der Waals surface area contributed by atoms with Gasteiger partial charge < -0.3 is 0 Å². The Labute approximate surface area is 164 Å². The predicted octanol–water partition coefficient (Wildman–Crippen LogP) is 8.15. The van der Waals surface area contributed by atoms with Crippen LogP contribution in [0.25, 0.3) is 42.4 Å². The Bertz CT molecular complexity index is 1250. The van der Waals surface area contributed by atoms with Gasteiger partial charge in [-0.25, -0.2) is 0 Å². The number of rotatable bonds is 2. The molecule has 26 heavy (non-hydrogen) atoms. The first-order chi connectivity index (χ1) is 12.8. The first-order valence-corrected chi connectivity index (χ1v) is 10.2. The molecule has 0 spiro atoms. The minimum atomic E-state index is 1.10. The van der Waals surface area contributed by atoms with Crippen molar-refractivity contribution in [3.8, 4) is 22.3 Å². The molecule has 0 N–H and O–H groups in total. The van der Waals surface area contributed by atoms with Crippen molar-refractivity contribution in [2.75, 3.05) is 0 Å². The molecule has 0 radical (unpaired) electrons. The van der Waals surface area contributed by atoms with Gasteiger partial charge in [0, 0.05) is 24.6 Å². The summed E-state index contributed by atoms with van der Waals surface area (Å²) in [6.45, 7) is 0. The van der Waals surface area contributed by atoms with Crippen LogP contribution in [0.5, 0.6) is 0 Å². The smallest absolute Gasteiger partial charge is 0.0361 e. The molecule has 2 heteroatoms. The summed E-state index contributed by atoms with van der Waals surface area (Å²) in [5, 5.41) is 2.69. The lowest BCUT2D eigenvalue weighted by Gasteiger charge is -2.11. The van der Waals surface area contributed by atoms with Crippen LogP contribution in [-0.2, 0) is 0 Å². The molecule has 5 rings (SSSR count). The van der Waals surface area contributed by atoms with E-state index in [1.165, 1.54) is 42.4 Å². The minimum absolute atomic E-state index is 1.10. The van der Waals surface area contributed by atoms with E-state index in [4.69, 9.17) is 0 Å². The quantitative estimate of drug-likeness (QED) is 0.273. The summed E-state index contributed by atoms with van der Waals surface area (Å²) in [6.07, 6.45) is 0. The molecule has 0 amide bonds. The highest BCUT2D eigenvalue weighted by molar-refractivity contribution is 9.10. The van der Waals surface area contributed by atoms with Gasteiger partial charge in [-0.3, -0.25) is 0 Å². The van der Waals surface area contributed by atoms with Crippen LogP contribution in [0.3, 0.4) is 0 Å². The Morgan fingerprint density at radius 3 is 2.04 bits per heavy atom. The topological polar surface area (TPSA) is 0 Å². The second-order valence-corrected chi connectivity index (χ2v) is 8.36. The number of hydrogen-bond donors (Lipinski definition) is 0. The minimum Gasteiger partial charge on any atom is -0.135 e. The Balaban J connectivity index is 1.72. The SMILES string of the molecule is Brc1cccc(-c2ccccc2-c2ccc3c(c2)sc2ccccc23)c1. The van der Waals surface area contributed by atoms with Crippen LogP contribution >= 0.6 is 27.3 Å². The molecule has 0 aliphatic heterocycles. The maximum Gasteiger partial charge on any atom is 0.0361 e. The zero-order chi connectivity index (χ0) is 17.5. The third-order valence-corrected chi connectivity index (χ3v) is 6.38. The zero-order valence-corrected chi connectivity index (χ0v) is 16.3. The van der Waals surface area contributed by atoms with Crippen LogP contribution in [0, 0.1) is 0 Å². The maximum absolute atomic E-state index is 3.59. The second kappa shape index (κ2) is 6.39. The van der Waals surface area contributed by atoms with Gasteiger partial charge in [0.1, 0.15) is 0 Å². The van der Waals surface area contributed by atoms with Crippen LogP contribution in [0.15, 0.2) is 95.5 Å². The molecule has 5 aromatic rings. The molecule has 0 atom stereocenters. The largest absolute Gasteiger partial charge is 0.135 e. The summed E-state index contributed by atoms with van der Waals surface area (Å²) in [6, 6.07) is 32.6. The van der Waals surface area contributed by atoms with E-state index in [0.717, 1.165) is 4.47 Å². The Hall–Kier alpha value is -2.42. The lowest BCUT2D eigenvalue weighted by Crippen LogP contribution is -1.85. The number of fused-ring (bicyclic) bond motifs is 3. The molecule has 0 saturated carbocycles. The van der Waals surface area contributed by atoms with E-state index in [1.54, 1.807) is 0 Å². The second-order valence-electron chi connectivity index (χ2n) is 6.37. The maximum atomic E-state index is 3.59. The van der Waals surface area contributed by atoms with Crippen LogP contribution < -0.4 is 0 Å². The summed E-state index contributed by atoms with van der Waals surface area (Å²) < 4.78 is 3.79. The molecular weight excluding hydrogens is 400 g/mol. The molecule has 0 aliphatic carbocycles. The highest BCUT2D eigenvalue weighted by Crippen LogP contribution is 2.38. The predicted molar refractivity (Wildman–Crippen MR) is 118 cm³/mol. The molecule has 1 aromatic heterocycles. The lowest BCUT2D eigenvalue weighted by molar-refractivity contribution is 1.58. The van der Waals surface area contributed by atoms with E-state index < -0.39 is 0 Å². The Kier molecular flexibility index (Phi) is 3.88. The number of hydrogen-bond acceptors (Lipinski definition) is 1. The van der Waals surface area contributed by atoms with Crippen molar-refractivity contribution in [1.29, 1.82) is 0 Å². The van der Waals surface area contributed by atoms with E-state index in [-0.39, 0.29) is 0 Å². The Morgan fingerprint density at radius 2 is 1.23 bits per heavy atom. The van der Waals surface area contributed by atoms with Crippen LogP contribution in [0.2, 0.25) is 0 Å². The fourth-order valence-corrected chi connectivity index (χ4v) is 5.08. The van der Waals surface area contributed by atoms with Crippen molar-refractivity contribution in [1.82, 2.24) is 0 Å². The summed E-state index contributed by atoms with van der Waals surface area (Å²) in [4.78, 5) is 0. The summed E-state index contributed by atoms with van der Waals surface area (Å²) in [5.41, 5.74) is 5.02. The monoisotopic (exact) mass is 414 g/mol. The average molecular weight is 415 g/mol. The van der Waals surface area contributed by atoms with Crippen molar-refractivity contribution in [2.24, 2.45) is 0 Å². The number of thiophene rings is 1. The molecule has 0 unspecified atom stereocenters. The van der Waals surface area contributed by atoms with Gasteiger partial charge in [0.25, 0.3) is 0 Å².